The molecule has 2 aromatic carbocycles. The fourth-order valence-electron chi connectivity index (χ4n) is 2.52. The van der Waals surface area contributed by atoms with Crippen LogP contribution in [-0.4, -0.2) is 24.4 Å². The zero-order valence-corrected chi connectivity index (χ0v) is 13.5. The number of hydrogen-bond acceptors (Lipinski definition) is 4. The van der Waals surface area contributed by atoms with Gasteiger partial charge in [0.25, 0.3) is 11.8 Å². The number of nitrogens with zero attached hydrogens (tertiary/aromatic N) is 1. The Morgan fingerprint density at radius 2 is 1.62 bits per heavy atom. The predicted octanol–water partition coefficient (Wildman–Crippen LogP) is 3.30. The molecule has 0 aliphatic carbocycles. The minimum Gasteiger partial charge on any atom is -0.462 e. The molecule has 0 aromatic heterocycles. The number of esters is 1. The monoisotopic (exact) mass is 323 g/mol. The number of benzene rings is 2. The molecule has 1 aliphatic rings. The largest absolute Gasteiger partial charge is 0.462 e. The third kappa shape index (κ3) is 2.80. The van der Waals surface area contributed by atoms with Crippen LogP contribution in [0.5, 0.6) is 0 Å². The molecule has 122 valence electrons. The van der Waals surface area contributed by atoms with E-state index in [-0.39, 0.29) is 17.7 Å². The molecule has 0 bridgehead atoms. The van der Waals surface area contributed by atoms with Crippen molar-refractivity contribution < 1.29 is 19.1 Å². The van der Waals surface area contributed by atoms with Crippen molar-refractivity contribution in [2.75, 3.05) is 11.5 Å². The second kappa shape index (κ2) is 6.28. The van der Waals surface area contributed by atoms with E-state index >= 15 is 0 Å². The Bertz CT molecular complexity index is 791. The van der Waals surface area contributed by atoms with Gasteiger partial charge in [0.05, 0.1) is 29.0 Å². The lowest BCUT2D eigenvalue weighted by Crippen LogP contribution is -2.29. The van der Waals surface area contributed by atoms with E-state index in [1.54, 1.807) is 42.5 Å². The number of amides is 2. The highest BCUT2D eigenvalue weighted by atomic mass is 16.5. The van der Waals surface area contributed by atoms with Crippen molar-refractivity contribution in [1.82, 2.24) is 0 Å². The van der Waals surface area contributed by atoms with Crippen molar-refractivity contribution in [3.63, 3.8) is 0 Å². The van der Waals surface area contributed by atoms with E-state index in [2.05, 4.69) is 0 Å². The smallest absolute Gasteiger partial charge is 0.338 e. The van der Waals surface area contributed by atoms with Gasteiger partial charge in [0.1, 0.15) is 0 Å². The maximum atomic E-state index is 12.5. The van der Waals surface area contributed by atoms with Crippen LogP contribution < -0.4 is 4.90 Å². The summed E-state index contributed by atoms with van der Waals surface area (Å²) in [6.07, 6.45) is 0. The van der Waals surface area contributed by atoms with E-state index in [0.717, 1.165) is 4.90 Å². The van der Waals surface area contributed by atoms with Crippen LogP contribution in [-0.2, 0) is 4.74 Å². The first-order chi connectivity index (χ1) is 11.5. The quantitative estimate of drug-likeness (QED) is 0.640. The summed E-state index contributed by atoms with van der Waals surface area (Å²) in [4.78, 5) is 38.2. The van der Waals surface area contributed by atoms with Gasteiger partial charge in [-0.15, -0.1) is 0 Å². The maximum absolute atomic E-state index is 12.5. The van der Waals surface area contributed by atoms with Gasteiger partial charge in [-0.1, -0.05) is 32.0 Å². The van der Waals surface area contributed by atoms with Crippen LogP contribution in [0.1, 0.15) is 44.9 Å². The first-order valence-corrected chi connectivity index (χ1v) is 7.74. The Morgan fingerprint density at radius 1 is 1.00 bits per heavy atom. The van der Waals surface area contributed by atoms with Crippen molar-refractivity contribution >= 4 is 23.5 Å². The highest BCUT2D eigenvalue weighted by molar-refractivity contribution is 6.34. The van der Waals surface area contributed by atoms with E-state index in [9.17, 15) is 14.4 Å². The van der Waals surface area contributed by atoms with Crippen molar-refractivity contribution in [3.8, 4) is 0 Å². The average Bonchev–Trinajstić information content (AvgIpc) is 2.84. The molecule has 1 heterocycles. The second-order valence-corrected chi connectivity index (χ2v) is 6.03. The molecule has 3 rings (SSSR count). The molecule has 24 heavy (non-hydrogen) atoms. The molecule has 0 spiro atoms. The Kier molecular flexibility index (Phi) is 4.16. The number of hydrogen-bond donors (Lipinski definition) is 0. The summed E-state index contributed by atoms with van der Waals surface area (Å²) >= 11 is 0. The summed E-state index contributed by atoms with van der Waals surface area (Å²) < 4.78 is 5.20. The lowest BCUT2D eigenvalue weighted by atomic mass is 10.1. The van der Waals surface area contributed by atoms with Gasteiger partial charge in [-0.3, -0.25) is 9.59 Å². The van der Waals surface area contributed by atoms with Crippen LogP contribution in [0.2, 0.25) is 0 Å². The molecule has 0 atom stereocenters. The van der Waals surface area contributed by atoms with Gasteiger partial charge in [-0.25, -0.2) is 9.69 Å². The van der Waals surface area contributed by atoms with Crippen molar-refractivity contribution in [2.24, 2.45) is 5.92 Å². The third-order valence-corrected chi connectivity index (χ3v) is 3.68. The van der Waals surface area contributed by atoms with Gasteiger partial charge in [-0.2, -0.15) is 0 Å². The van der Waals surface area contributed by atoms with E-state index in [1.165, 1.54) is 6.07 Å². The molecule has 0 radical (unpaired) electrons. The number of ether oxygens (including phenoxy) is 1. The molecule has 0 saturated heterocycles. The Hall–Kier alpha value is -2.95. The number of rotatable bonds is 4. The van der Waals surface area contributed by atoms with E-state index < -0.39 is 5.97 Å². The lowest BCUT2D eigenvalue weighted by Gasteiger charge is -2.15. The van der Waals surface area contributed by atoms with Crippen LogP contribution >= 0.6 is 0 Å². The zero-order valence-electron chi connectivity index (χ0n) is 13.5. The van der Waals surface area contributed by atoms with Gasteiger partial charge in [-0.05, 0) is 36.2 Å². The molecular weight excluding hydrogens is 306 g/mol. The summed E-state index contributed by atoms with van der Waals surface area (Å²) in [5.41, 5.74) is 1.41. The van der Waals surface area contributed by atoms with Crippen LogP contribution in [0.15, 0.2) is 48.5 Å². The fraction of sp³-hybridized carbons (Fsp3) is 0.211. The lowest BCUT2D eigenvalue weighted by molar-refractivity contribution is 0.0458. The predicted molar refractivity (Wildman–Crippen MR) is 89.1 cm³/mol. The van der Waals surface area contributed by atoms with Gasteiger partial charge >= 0.3 is 5.97 Å². The molecule has 1 aliphatic heterocycles. The number of carbonyl (C=O) groups excluding carboxylic acids is 3. The van der Waals surface area contributed by atoms with Crippen molar-refractivity contribution in [1.29, 1.82) is 0 Å². The SMILES string of the molecule is CC(C)COC(=O)c1cccc(N2C(=O)c3ccccc3C2=O)c1. The van der Waals surface area contributed by atoms with Crippen LogP contribution in [0.4, 0.5) is 5.69 Å². The van der Waals surface area contributed by atoms with Crippen molar-refractivity contribution in [3.05, 3.63) is 65.2 Å². The number of carbonyl (C=O) groups is 3. The molecule has 0 fully saturated rings. The summed E-state index contributed by atoms with van der Waals surface area (Å²) in [5, 5.41) is 0. The van der Waals surface area contributed by atoms with E-state index in [4.69, 9.17) is 4.74 Å². The molecule has 5 nitrogen and oxygen atoms in total. The fourth-order valence-corrected chi connectivity index (χ4v) is 2.52. The molecule has 5 heteroatoms. The summed E-state index contributed by atoms with van der Waals surface area (Å²) in [7, 11) is 0. The van der Waals surface area contributed by atoms with Gasteiger partial charge in [0.2, 0.25) is 0 Å². The van der Waals surface area contributed by atoms with Gasteiger partial charge in [0, 0.05) is 0 Å². The summed E-state index contributed by atoms with van der Waals surface area (Å²) in [6, 6.07) is 13.0. The van der Waals surface area contributed by atoms with E-state index in [0.29, 0.717) is 29.0 Å². The van der Waals surface area contributed by atoms with Crippen molar-refractivity contribution in [2.45, 2.75) is 13.8 Å². The van der Waals surface area contributed by atoms with E-state index in [1.807, 2.05) is 13.8 Å². The third-order valence-electron chi connectivity index (χ3n) is 3.68. The average molecular weight is 323 g/mol. The van der Waals surface area contributed by atoms with Crippen LogP contribution in [0.25, 0.3) is 0 Å². The zero-order chi connectivity index (χ0) is 17.3. The number of anilines is 1. The first-order valence-electron chi connectivity index (χ1n) is 7.74. The Morgan fingerprint density at radius 3 is 2.21 bits per heavy atom. The molecule has 0 N–H and O–H groups in total. The molecular formula is C19H17NO4. The molecule has 2 aromatic rings. The molecule has 2 amide bonds. The molecule has 0 unspecified atom stereocenters. The summed E-state index contributed by atoms with van der Waals surface area (Å²) in [6.45, 7) is 4.21. The van der Waals surface area contributed by atoms with Crippen LogP contribution in [0, 0.1) is 5.92 Å². The standard InChI is InChI=1S/C19H17NO4/c1-12(2)11-24-19(23)13-6-5-7-14(10-13)20-17(21)15-8-3-4-9-16(15)18(20)22/h3-10,12H,11H2,1-2H3. The Balaban J connectivity index is 1.89. The van der Waals surface area contributed by atoms with Gasteiger partial charge in [0.15, 0.2) is 0 Å². The Labute approximate surface area is 139 Å². The minimum atomic E-state index is -0.470. The minimum absolute atomic E-state index is 0.230. The number of fused-ring (bicyclic) bond motifs is 1. The highest BCUT2D eigenvalue weighted by Gasteiger charge is 2.36. The van der Waals surface area contributed by atoms with Crippen LogP contribution in [0.3, 0.4) is 0 Å². The highest BCUT2D eigenvalue weighted by Crippen LogP contribution is 2.28. The topological polar surface area (TPSA) is 63.7 Å². The normalized spacial score (nSPS) is 13.4. The second-order valence-electron chi connectivity index (χ2n) is 6.03. The molecule has 0 saturated carbocycles. The first kappa shape index (κ1) is 15.9. The summed E-state index contributed by atoms with van der Waals surface area (Å²) in [5.74, 6) is -1.01. The maximum Gasteiger partial charge on any atom is 0.338 e. The van der Waals surface area contributed by atoms with Gasteiger partial charge < -0.3 is 4.74 Å². The number of imide groups is 1.